The third-order valence-corrected chi connectivity index (χ3v) is 6.01. The molecule has 4 aromatic rings. The highest BCUT2D eigenvalue weighted by Gasteiger charge is 2.28. The summed E-state index contributed by atoms with van der Waals surface area (Å²) in [7, 11) is 0. The van der Waals surface area contributed by atoms with Gasteiger partial charge < -0.3 is 9.47 Å². The summed E-state index contributed by atoms with van der Waals surface area (Å²) in [6.07, 6.45) is 1.49. The van der Waals surface area contributed by atoms with Gasteiger partial charge in [0.25, 0.3) is 0 Å². The lowest BCUT2D eigenvalue weighted by Gasteiger charge is -2.26. The van der Waals surface area contributed by atoms with Crippen LogP contribution in [0.15, 0.2) is 66.3 Å². The maximum Gasteiger partial charge on any atom is 0.192 e. The van der Waals surface area contributed by atoms with E-state index in [-0.39, 0.29) is 6.10 Å². The summed E-state index contributed by atoms with van der Waals surface area (Å²) in [4.78, 5) is 9.46. The summed E-state index contributed by atoms with van der Waals surface area (Å²) in [5.74, 6) is 2.82. The number of para-hydroxylation sites is 4. The second-order valence-electron chi connectivity index (χ2n) is 7.14. The van der Waals surface area contributed by atoms with Crippen molar-refractivity contribution < 1.29 is 9.47 Å². The molecule has 3 heterocycles. The van der Waals surface area contributed by atoms with Crippen LogP contribution in [0.5, 0.6) is 11.5 Å². The fraction of sp³-hybridized carbons (Fsp3) is 0.217. The van der Waals surface area contributed by atoms with E-state index in [4.69, 9.17) is 14.5 Å². The molecule has 8 heteroatoms. The predicted octanol–water partition coefficient (Wildman–Crippen LogP) is 4.52. The van der Waals surface area contributed by atoms with Gasteiger partial charge in [-0.1, -0.05) is 42.1 Å². The summed E-state index contributed by atoms with van der Waals surface area (Å²) in [5.41, 5.74) is 3.65. The Bertz CT molecular complexity index is 1260. The van der Waals surface area contributed by atoms with Gasteiger partial charge >= 0.3 is 0 Å². The number of aromatic nitrogens is 5. The highest BCUT2D eigenvalue weighted by molar-refractivity contribution is 7.98. The normalized spacial score (nSPS) is 15.2. The van der Waals surface area contributed by atoms with E-state index in [1.54, 1.807) is 11.8 Å². The van der Waals surface area contributed by atoms with Crippen LogP contribution in [0.25, 0.3) is 11.0 Å². The van der Waals surface area contributed by atoms with E-state index >= 15 is 0 Å². The van der Waals surface area contributed by atoms with Crippen molar-refractivity contribution in [1.29, 1.82) is 0 Å². The van der Waals surface area contributed by atoms with Crippen LogP contribution < -0.4 is 9.47 Å². The van der Waals surface area contributed by atoms with Crippen molar-refractivity contribution >= 4 is 22.8 Å². The molecule has 0 unspecified atom stereocenters. The smallest absolute Gasteiger partial charge is 0.192 e. The molecule has 0 bridgehead atoms. The molecule has 7 nitrogen and oxygen atoms in total. The first-order valence-electron chi connectivity index (χ1n) is 10.0. The number of rotatable bonds is 6. The predicted molar refractivity (Wildman–Crippen MR) is 119 cm³/mol. The molecule has 156 valence electrons. The summed E-state index contributed by atoms with van der Waals surface area (Å²) in [6, 6.07) is 15.5. The minimum Gasteiger partial charge on any atom is -0.485 e. The highest BCUT2D eigenvalue weighted by Crippen LogP contribution is 2.36. The average Bonchev–Trinajstić information content (AvgIpc) is 3.20. The molecular formula is C23H21N5O2S. The van der Waals surface area contributed by atoms with Crippen LogP contribution in [0.3, 0.4) is 0 Å². The lowest BCUT2D eigenvalue weighted by molar-refractivity contribution is 0.0821. The van der Waals surface area contributed by atoms with Gasteiger partial charge in [-0.3, -0.25) is 4.57 Å². The number of hydrogen-bond donors (Lipinski definition) is 0. The minimum atomic E-state index is -0.334. The zero-order valence-corrected chi connectivity index (χ0v) is 17.9. The molecule has 1 aliphatic heterocycles. The van der Waals surface area contributed by atoms with Crippen LogP contribution >= 0.6 is 11.8 Å². The number of nitrogens with zero attached hydrogens (tertiary/aromatic N) is 5. The maximum absolute atomic E-state index is 6.13. The lowest BCUT2D eigenvalue weighted by atomic mass is 10.2. The molecule has 2 aromatic carbocycles. The Hall–Kier alpha value is -3.39. The molecular weight excluding hydrogens is 410 g/mol. The Labute approximate surface area is 184 Å². The first-order chi connectivity index (χ1) is 15.2. The quantitative estimate of drug-likeness (QED) is 0.328. The van der Waals surface area contributed by atoms with E-state index in [9.17, 15) is 0 Å². The van der Waals surface area contributed by atoms with Gasteiger partial charge in [0.1, 0.15) is 6.61 Å². The van der Waals surface area contributed by atoms with Gasteiger partial charge in [0, 0.05) is 12.3 Å². The van der Waals surface area contributed by atoms with Gasteiger partial charge in [-0.2, -0.15) is 0 Å². The largest absolute Gasteiger partial charge is 0.485 e. The molecule has 1 atom stereocenters. The van der Waals surface area contributed by atoms with Crippen molar-refractivity contribution in [2.45, 2.75) is 30.5 Å². The summed E-state index contributed by atoms with van der Waals surface area (Å²) in [6.45, 7) is 6.83. The fourth-order valence-corrected chi connectivity index (χ4v) is 4.45. The van der Waals surface area contributed by atoms with Crippen LogP contribution in [0.1, 0.15) is 23.3 Å². The van der Waals surface area contributed by atoms with Gasteiger partial charge in [0.2, 0.25) is 0 Å². The van der Waals surface area contributed by atoms with Crippen molar-refractivity contribution in [2.75, 3.05) is 6.61 Å². The van der Waals surface area contributed by atoms with E-state index in [1.165, 1.54) is 0 Å². The SMILES string of the molecule is C=CCn1c(SCc2nc3ccccc3nc2C)nnc1[C@@H]1COc2ccccc2O1. The molecule has 0 saturated carbocycles. The van der Waals surface area contributed by atoms with E-state index in [1.807, 2.05) is 66.1 Å². The Morgan fingerprint density at radius 1 is 1.06 bits per heavy atom. The number of ether oxygens (including phenoxy) is 2. The molecule has 0 aliphatic carbocycles. The van der Waals surface area contributed by atoms with Gasteiger partial charge in [0.05, 0.1) is 22.4 Å². The molecule has 0 fully saturated rings. The highest BCUT2D eigenvalue weighted by atomic mass is 32.2. The van der Waals surface area contributed by atoms with Crippen molar-refractivity contribution in [3.8, 4) is 11.5 Å². The topological polar surface area (TPSA) is 75.0 Å². The van der Waals surface area contributed by atoms with E-state index in [0.29, 0.717) is 24.7 Å². The Morgan fingerprint density at radius 2 is 1.81 bits per heavy atom. The van der Waals surface area contributed by atoms with Crippen molar-refractivity contribution in [2.24, 2.45) is 0 Å². The van der Waals surface area contributed by atoms with Gasteiger partial charge in [-0.25, -0.2) is 9.97 Å². The number of benzene rings is 2. The minimum absolute atomic E-state index is 0.334. The van der Waals surface area contributed by atoms with E-state index in [2.05, 4.69) is 21.8 Å². The van der Waals surface area contributed by atoms with Crippen LogP contribution in [0.2, 0.25) is 0 Å². The van der Waals surface area contributed by atoms with Crippen molar-refractivity contribution in [1.82, 2.24) is 24.7 Å². The third-order valence-electron chi connectivity index (χ3n) is 5.03. The molecule has 31 heavy (non-hydrogen) atoms. The molecule has 5 rings (SSSR count). The Morgan fingerprint density at radius 3 is 2.61 bits per heavy atom. The molecule has 0 radical (unpaired) electrons. The summed E-state index contributed by atoms with van der Waals surface area (Å²) < 4.78 is 14.0. The first-order valence-corrected chi connectivity index (χ1v) is 11.0. The second kappa shape index (κ2) is 8.39. The molecule has 0 spiro atoms. The number of fused-ring (bicyclic) bond motifs is 2. The van der Waals surface area contributed by atoms with Gasteiger partial charge in [0.15, 0.2) is 28.6 Å². The Balaban J connectivity index is 1.39. The zero-order chi connectivity index (χ0) is 21.2. The molecule has 2 aromatic heterocycles. The van der Waals surface area contributed by atoms with E-state index in [0.717, 1.165) is 39.2 Å². The molecule has 0 amide bonds. The first kappa shape index (κ1) is 19.6. The second-order valence-corrected chi connectivity index (χ2v) is 8.08. The average molecular weight is 432 g/mol. The number of hydrogen-bond acceptors (Lipinski definition) is 7. The van der Waals surface area contributed by atoms with Crippen LogP contribution in [0.4, 0.5) is 0 Å². The van der Waals surface area contributed by atoms with Crippen LogP contribution in [0, 0.1) is 6.92 Å². The molecule has 1 aliphatic rings. The zero-order valence-electron chi connectivity index (χ0n) is 17.1. The molecule has 0 saturated heterocycles. The van der Waals surface area contributed by atoms with Crippen LogP contribution in [-0.4, -0.2) is 31.3 Å². The number of allylic oxidation sites excluding steroid dienone is 1. The fourth-order valence-electron chi connectivity index (χ4n) is 3.49. The maximum atomic E-state index is 6.13. The summed E-state index contributed by atoms with van der Waals surface area (Å²) >= 11 is 1.58. The van der Waals surface area contributed by atoms with Crippen LogP contribution in [-0.2, 0) is 12.3 Å². The number of aryl methyl sites for hydroxylation is 1. The van der Waals surface area contributed by atoms with Gasteiger partial charge in [-0.15, -0.1) is 16.8 Å². The Kier molecular flexibility index (Phi) is 5.30. The van der Waals surface area contributed by atoms with Crippen molar-refractivity contribution in [3.63, 3.8) is 0 Å². The summed E-state index contributed by atoms with van der Waals surface area (Å²) in [5, 5.41) is 9.62. The van der Waals surface area contributed by atoms with Gasteiger partial charge in [-0.05, 0) is 31.2 Å². The molecule has 0 N–H and O–H groups in total. The number of thioether (sulfide) groups is 1. The van der Waals surface area contributed by atoms with E-state index < -0.39 is 0 Å². The lowest BCUT2D eigenvalue weighted by Crippen LogP contribution is -2.25. The third kappa shape index (κ3) is 3.86. The van der Waals surface area contributed by atoms with Crippen molar-refractivity contribution in [3.05, 3.63) is 78.4 Å². The monoisotopic (exact) mass is 431 g/mol. The standard InChI is InChI=1S/C23H21N5O2S/c1-3-12-28-22(21-13-29-19-10-6-7-11-20(19)30-21)26-27-23(28)31-14-18-15(2)24-16-8-4-5-9-17(16)25-18/h3-11,21H,1,12-14H2,2H3/t21-/m0/s1.